The van der Waals surface area contributed by atoms with Gasteiger partial charge in [0.15, 0.2) is 0 Å². The van der Waals surface area contributed by atoms with Gasteiger partial charge in [-0.25, -0.2) is 13.8 Å². The van der Waals surface area contributed by atoms with Crippen molar-refractivity contribution in [2.75, 3.05) is 10.6 Å². The van der Waals surface area contributed by atoms with Gasteiger partial charge in [-0.05, 0) is 6.07 Å². The van der Waals surface area contributed by atoms with Gasteiger partial charge in [0.2, 0.25) is 5.95 Å². The van der Waals surface area contributed by atoms with E-state index in [0.29, 0.717) is 11.8 Å². The molecular weight excluding hydrogens is 304 g/mol. The van der Waals surface area contributed by atoms with Gasteiger partial charge >= 0.3 is 0 Å². The van der Waals surface area contributed by atoms with Crippen LogP contribution in [0.1, 0.15) is 5.56 Å². The predicted molar refractivity (Wildman–Crippen MR) is 80.0 cm³/mol. The number of nitrogens with one attached hydrogen (secondary N) is 2. The third kappa shape index (κ3) is 3.57. The summed E-state index contributed by atoms with van der Waals surface area (Å²) in [5.74, 6) is -0.638. The van der Waals surface area contributed by atoms with Gasteiger partial charge in [-0.1, -0.05) is 0 Å². The monoisotopic (exact) mass is 317 g/mol. The molecule has 0 aliphatic rings. The van der Waals surface area contributed by atoms with Crippen molar-refractivity contribution in [3.05, 3.63) is 54.2 Å². The van der Waals surface area contributed by atoms with Crippen molar-refractivity contribution in [1.29, 1.82) is 0 Å². The van der Waals surface area contributed by atoms with Crippen LogP contribution in [0.3, 0.4) is 0 Å². The van der Waals surface area contributed by atoms with Gasteiger partial charge in [0.05, 0.1) is 24.3 Å². The van der Waals surface area contributed by atoms with Crippen molar-refractivity contribution in [3.8, 4) is 0 Å². The third-order valence-electron chi connectivity index (χ3n) is 3.02. The van der Waals surface area contributed by atoms with Gasteiger partial charge in [0.25, 0.3) is 0 Å². The molecule has 0 saturated carbocycles. The van der Waals surface area contributed by atoms with Crippen LogP contribution in [0, 0.1) is 11.6 Å². The van der Waals surface area contributed by atoms with Crippen LogP contribution in [0.15, 0.2) is 37.1 Å². The maximum atomic E-state index is 13.5. The van der Waals surface area contributed by atoms with E-state index in [9.17, 15) is 8.78 Å². The molecule has 118 valence electrons. The largest absolute Gasteiger partial charge is 0.366 e. The first-order valence-corrected chi connectivity index (χ1v) is 6.72. The summed E-state index contributed by atoms with van der Waals surface area (Å²) >= 11 is 0. The summed E-state index contributed by atoms with van der Waals surface area (Å²) in [5.41, 5.74) is 0.635. The van der Waals surface area contributed by atoms with Crippen LogP contribution in [0.4, 0.5) is 26.2 Å². The molecule has 7 nitrogen and oxygen atoms in total. The number of hydrogen-bond donors (Lipinski definition) is 2. The number of aryl methyl sites for hydroxylation is 1. The zero-order valence-electron chi connectivity index (χ0n) is 12.2. The zero-order valence-corrected chi connectivity index (χ0v) is 12.2. The zero-order chi connectivity index (χ0) is 16.2. The molecule has 3 aromatic rings. The summed E-state index contributed by atoms with van der Waals surface area (Å²) in [5, 5.41) is 9.86. The number of halogens is 2. The number of rotatable bonds is 5. The molecule has 0 aliphatic heterocycles. The minimum absolute atomic E-state index is 0.0521. The first-order valence-electron chi connectivity index (χ1n) is 6.72. The van der Waals surface area contributed by atoms with Crippen molar-refractivity contribution in [2.24, 2.45) is 7.05 Å². The van der Waals surface area contributed by atoms with Crippen molar-refractivity contribution < 1.29 is 8.78 Å². The molecule has 9 heteroatoms. The van der Waals surface area contributed by atoms with Gasteiger partial charge in [0, 0.05) is 31.5 Å². The summed E-state index contributed by atoms with van der Waals surface area (Å²) in [6.45, 7) is -0.0521. The van der Waals surface area contributed by atoms with Gasteiger partial charge in [-0.3, -0.25) is 9.67 Å². The van der Waals surface area contributed by atoms with E-state index in [2.05, 4.69) is 30.7 Å². The second kappa shape index (κ2) is 6.34. The van der Waals surface area contributed by atoms with Crippen molar-refractivity contribution in [3.63, 3.8) is 0 Å². The molecule has 0 spiro atoms. The second-order valence-corrected chi connectivity index (χ2v) is 4.73. The number of nitrogens with zero attached hydrogens (tertiary/aromatic N) is 5. The molecule has 0 atom stereocenters. The molecule has 0 radical (unpaired) electrons. The fraction of sp³-hybridized carbons (Fsp3) is 0.143. The maximum absolute atomic E-state index is 13.5. The number of anilines is 3. The molecule has 0 saturated heterocycles. The van der Waals surface area contributed by atoms with Crippen LogP contribution in [-0.2, 0) is 13.6 Å². The number of hydrogen-bond acceptors (Lipinski definition) is 6. The van der Waals surface area contributed by atoms with Crippen LogP contribution < -0.4 is 10.6 Å². The highest BCUT2D eigenvalue weighted by Gasteiger charge is 2.09. The first kappa shape index (κ1) is 14.8. The molecule has 0 fully saturated rings. The lowest BCUT2D eigenvalue weighted by atomic mass is 10.2. The van der Waals surface area contributed by atoms with Crippen LogP contribution in [0.25, 0.3) is 0 Å². The van der Waals surface area contributed by atoms with Gasteiger partial charge in [0.1, 0.15) is 17.5 Å². The van der Waals surface area contributed by atoms with E-state index in [4.69, 9.17) is 0 Å². The van der Waals surface area contributed by atoms with E-state index in [-0.39, 0.29) is 12.1 Å². The molecule has 0 aromatic carbocycles. The fourth-order valence-electron chi connectivity index (χ4n) is 1.92. The van der Waals surface area contributed by atoms with E-state index in [1.807, 2.05) is 0 Å². The highest BCUT2D eigenvalue weighted by molar-refractivity contribution is 5.52. The van der Waals surface area contributed by atoms with Crippen LogP contribution in [0.5, 0.6) is 0 Å². The first-order chi connectivity index (χ1) is 11.1. The standard InChI is InChI=1S/C14H13F2N7/c1-23-8-9(4-20-23)21-14-18-3-2-13(22-14)19-5-10-11(15)6-17-7-12(10)16/h2-4,6-8H,5H2,1H3,(H2,18,19,21,22). The Hall–Kier alpha value is -3.10. The van der Waals surface area contributed by atoms with Gasteiger partial charge < -0.3 is 10.6 Å². The molecule has 0 bridgehead atoms. The summed E-state index contributed by atoms with van der Waals surface area (Å²) < 4.78 is 28.7. The van der Waals surface area contributed by atoms with Crippen molar-refractivity contribution in [1.82, 2.24) is 24.7 Å². The average molecular weight is 317 g/mol. The lowest BCUT2D eigenvalue weighted by Crippen LogP contribution is -2.07. The topological polar surface area (TPSA) is 80.5 Å². The van der Waals surface area contributed by atoms with Gasteiger partial charge in [-0.15, -0.1) is 0 Å². The highest BCUT2D eigenvalue weighted by Crippen LogP contribution is 2.15. The highest BCUT2D eigenvalue weighted by atomic mass is 19.1. The Kier molecular flexibility index (Phi) is 4.09. The van der Waals surface area contributed by atoms with Crippen LogP contribution in [-0.4, -0.2) is 24.7 Å². The molecule has 3 heterocycles. The Labute approximate surface area is 130 Å². The van der Waals surface area contributed by atoms with Crippen molar-refractivity contribution >= 4 is 17.5 Å². The van der Waals surface area contributed by atoms with E-state index in [1.54, 1.807) is 30.2 Å². The average Bonchev–Trinajstić information content (AvgIpc) is 2.92. The summed E-state index contributed by atoms with van der Waals surface area (Å²) in [7, 11) is 1.79. The maximum Gasteiger partial charge on any atom is 0.229 e. The van der Waals surface area contributed by atoms with E-state index in [0.717, 1.165) is 18.1 Å². The fourth-order valence-corrected chi connectivity index (χ4v) is 1.92. The lowest BCUT2D eigenvalue weighted by Gasteiger charge is -2.08. The minimum atomic E-state index is -0.708. The number of aromatic nitrogens is 5. The van der Waals surface area contributed by atoms with Crippen molar-refractivity contribution in [2.45, 2.75) is 6.54 Å². The quantitative estimate of drug-likeness (QED) is 0.751. The Bertz CT molecular complexity index is 798. The Morgan fingerprint density at radius 1 is 1.17 bits per heavy atom. The second-order valence-electron chi connectivity index (χ2n) is 4.73. The molecule has 2 N–H and O–H groups in total. The third-order valence-corrected chi connectivity index (χ3v) is 3.02. The van der Waals surface area contributed by atoms with Crippen LogP contribution >= 0.6 is 0 Å². The summed E-state index contributed by atoms with van der Waals surface area (Å²) in [6, 6.07) is 1.60. The molecule has 23 heavy (non-hydrogen) atoms. The van der Waals surface area contributed by atoms with E-state index in [1.165, 1.54) is 6.20 Å². The molecular formula is C14H13F2N7. The minimum Gasteiger partial charge on any atom is -0.366 e. The van der Waals surface area contributed by atoms with E-state index < -0.39 is 11.6 Å². The Morgan fingerprint density at radius 2 is 1.96 bits per heavy atom. The summed E-state index contributed by atoms with van der Waals surface area (Å²) in [4.78, 5) is 11.7. The normalized spacial score (nSPS) is 10.6. The smallest absolute Gasteiger partial charge is 0.229 e. The summed E-state index contributed by atoms with van der Waals surface area (Å²) in [6.07, 6.45) is 6.87. The molecule has 0 amide bonds. The van der Waals surface area contributed by atoms with Crippen LogP contribution in [0.2, 0.25) is 0 Å². The predicted octanol–water partition coefficient (Wildman–Crippen LogP) is 2.24. The molecule has 0 aliphatic carbocycles. The molecule has 0 unspecified atom stereocenters. The Balaban J connectivity index is 1.70. The van der Waals surface area contributed by atoms with E-state index >= 15 is 0 Å². The molecule has 3 rings (SSSR count). The lowest BCUT2D eigenvalue weighted by molar-refractivity contribution is 0.550. The Morgan fingerprint density at radius 3 is 2.65 bits per heavy atom. The number of pyridine rings is 1. The SMILES string of the molecule is Cn1cc(Nc2nccc(NCc3c(F)cncc3F)n2)cn1. The van der Waals surface area contributed by atoms with Gasteiger partial charge in [-0.2, -0.15) is 10.1 Å². The molecule has 3 aromatic heterocycles.